The summed E-state index contributed by atoms with van der Waals surface area (Å²) in [6.07, 6.45) is 0. The number of methoxy groups -OCH3 is 1. The van der Waals surface area contributed by atoms with Crippen LogP contribution >= 0.6 is 15.9 Å². The Morgan fingerprint density at radius 3 is 2.54 bits per heavy atom. The number of anilines is 1. The second-order valence-electron chi connectivity index (χ2n) is 5.90. The molecule has 0 bridgehead atoms. The van der Waals surface area contributed by atoms with Crippen LogP contribution in [0.1, 0.15) is 0 Å². The van der Waals surface area contributed by atoms with Crippen LogP contribution in [0.4, 0.5) is 10.1 Å². The molecular weight excluding hydrogens is 403 g/mol. The molecule has 2 aromatic carbocycles. The molecule has 1 aliphatic heterocycles. The van der Waals surface area contributed by atoms with Gasteiger partial charge in [0.15, 0.2) is 18.2 Å². The van der Waals surface area contributed by atoms with E-state index in [0.29, 0.717) is 30.7 Å². The van der Waals surface area contributed by atoms with E-state index in [1.54, 1.807) is 18.1 Å². The number of halogens is 2. The molecule has 1 heterocycles. The monoisotopic (exact) mass is 422 g/mol. The number of rotatable bonds is 5. The molecule has 0 aromatic heterocycles. The van der Waals surface area contributed by atoms with Gasteiger partial charge in [-0.2, -0.15) is 0 Å². The summed E-state index contributed by atoms with van der Waals surface area (Å²) in [6.45, 7) is 2.41. The maximum Gasteiger partial charge on any atom is 0.260 e. The molecule has 1 fully saturated rings. The van der Waals surface area contributed by atoms with Crippen LogP contribution in [0.25, 0.3) is 0 Å². The van der Waals surface area contributed by atoms with Gasteiger partial charge in [0.1, 0.15) is 5.75 Å². The Bertz CT molecular complexity index is 779. The van der Waals surface area contributed by atoms with Crippen molar-refractivity contribution in [3.05, 3.63) is 52.8 Å². The van der Waals surface area contributed by atoms with Crippen LogP contribution in [-0.2, 0) is 4.79 Å². The van der Waals surface area contributed by atoms with Crippen LogP contribution in [0, 0.1) is 5.82 Å². The predicted molar refractivity (Wildman–Crippen MR) is 101 cm³/mol. The van der Waals surface area contributed by atoms with E-state index >= 15 is 0 Å². The van der Waals surface area contributed by atoms with Gasteiger partial charge in [-0.15, -0.1) is 0 Å². The lowest BCUT2D eigenvalue weighted by molar-refractivity contribution is -0.133. The van der Waals surface area contributed by atoms with E-state index in [-0.39, 0.29) is 18.3 Å². The zero-order valence-electron chi connectivity index (χ0n) is 14.5. The number of carbonyl (C=O) groups is 1. The molecule has 5 nitrogen and oxygen atoms in total. The summed E-state index contributed by atoms with van der Waals surface area (Å²) in [5.74, 6) is 0.260. The highest BCUT2D eigenvalue weighted by Gasteiger charge is 2.23. The number of amides is 1. The highest BCUT2D eigenvalue weighted by atomic mass is 79.9. The summed E-state index contributed by atoms with van der Waals surface area (Å²) in [5.41, 5.74) is 1.02. The molecule has 0 N–H and O–H groups in total. The number of benzene rings is 2. The SMILES string of the molecule is COc1ccccc1N1CCN(C(=O)COc2ccc(Br)cc2F)CC1. The average Bonchev–Trinajstić information content (AvgIpc) is 2.67. The Labute approximate surface area is 160 Å². The van der Waals surface area contributed by atoms with Crippen molar-refractivity contribution in [1.29, 1.82) is 0 Å². The number of hydrogen-bond donors (Lipinski definition) is 0. The maximum atomic E-state index is 13.8. The second-order valence-corrected chi connectivity index (χ2v) is 6.82. The molecule has 0 aliphatic carbocycles. The molecule has 7 heteroatoms. The molecular formula is C19H20BrFN2O3. The smallest absolute Gasteiger partial charge is 0.260 e. The van der Waals surface area contributed by atoms with Gasteiger partial charge in [0.05, 0.1) is 12.8 Å². The molecule has 0 spiro atoms. The van der Waals surface area contributed by atoms with Crippen molar-refractivity contribution in [1.82, 2.24) is 4.90 Å². The summed E-state index contributed by atoms with van der Waals surface area (Å²) in [7, 11) is 1.65. The third-order valence-corrected chi connectivity index (χ3v) is 4.80. The number of carbonyl (C=O) groups excluding carboxylic acids is 1. The molecule has 138 valence electrons. The summed E-state index contributed by atoms with van der Waals surface area (Å²) in [5, 5.41) is 0. The van der Waals surface area contributed by atoms with E-state index in [2.05, 4.69) is 20.8 Å². The molecule has 0 atom stereocenters. The standard InChI is InChI=1S/C19H20BrFN2O3/c1-25-18-5-3-2-4-16(18)22-8-10-23(11-9-22)19(24)13-26-17-7-6-14(20)12-15(17)21/h2-7,12H,8-11,13H2,1H3. The van der Waals surface area contributed by atoms with Crippen molar-refractivity contribution in [2.75, 3.05) is 44.8 Å². The van der Waals surface area contributed by atoms with Gasteiger partial charge in [-0.3, -0.25) is 4.79 Å². The quantitative estimate of drug-likeness (QED) is 0.740. The summed E-state index contributed by atoms with van der Waals surface area (Å²) < 4.78 is 25.1. The average molecular weight is 423 g/mol. The van der Waals surface area contributed by atoms with Gasteiger partial charge < -0.3 is 19.3 Å². The van der Waals surface area contributed by atoms with Crippen LogP contribution in [0.15, 0.2) is 46.9 Å². The van der Waals surface area contributed by atoms with Crippen molar-refractivity contribution in [2.24, 2.45) is 0 Å². The third kappa shape index (κ3) is 4.27. The van der Waals surface area contributed by atoms with Crippen molar-refractivity contribution in [3.63, 3.8) is 0 Å². The van der Waals surface area contributed by atoms with Gasteiger partial charge in [-0.05, 0) is 30.3 Å². The van der Waals surface area contributed by atoms with E-state index in [1.165, 1.54) is 12.1 Å². The molecule has 1 aliphatic rings. The lowest BCUT2D eigenvalue weighted by atomic mass is 10.2. The molecule has 26 heavy (non-hydrogen) atoms. The van der Waals surface area contributed by atoms with Gasteiger partial charge >= 0.3 is 0 Å². The normalized spacial score (nSPS) is 14.3. The van der Waals surface area contributed by atoms with Gasteiger partial charge in [-0.25, -0.2) is 4.39 Å². The minimum absolute atomic E-state index is 0.0780. The largest absolute Gasteiger partial charge is 0.495 e. The fourth-order valence-corrected chi connectivity index (χ4v) is 3.24. The molecule has 2 aromatic rings. The first-order valence-electron chi connectivity index (χ1n) is 8.32. The van der Waals surface area contributed by atoms with Crippen LogP contribution in [-0.4, -0.2) is 50.7 Å². The highest BCUT2D eigenvalue weighted by molar-refractivity contribution is 9.10. The van der Waals surface area contributed by atoms with Crippen molar-refractivity contribution in [3.8, 4) is 11.5 Å². The zero-order valence-corrected chi connectivity index (χ0v) is 16.0. The Morgan fingerprint density at radius 2 is 1.85 bits per heavy atom. The van der Waals surface area contributed by atoms with E-state index in [1.807, 2.05) is 24.3 Å². The Hall–Kier alpha value is -2.28. The molecule has 1 amide bonds. The first-order chi connectivity index (χ1) is 12.6. The number of piperazine rings is 1. The van der Waals surface area contributed by atoms with Crippen LogP contribution in [0.5, 0.6) is 11.5 Å². The van der Waals surface area contributed by atoms with E-state index in [4.69, 9.17) is 9.47 Å². The van der Waals surface area contributed by atoms with E-state index in [9.17, 15) is 9.18 Å². The van der Waals surface area contributed by atoms with Gasteiger partial charge in [0, 0.05) is 30.7 Å². The Balaban J connectivity index is 1.53. The number of hydrogen-bond acceptors (Lipinski definition) is 4. The molecule has 3 rings (SSSR count). The van der Waals surface area contributed by atoms with Crippen molar-refractivity contribution < 1.29 is 18.7 Å². The van der Waals surface area contributed by atoms with Gasteiger partial charge in [0.25, 0.3) is 5.91 Å². The van der Waals surface area contributed by atoms with Gasteiger partial charge in [0.2, 0.25) is 0 Å². The Morgan fingerprint density at radius 1 is 1.12 bits per heavy atom. The van der Waals surface area contributed by atoms with E-state index in [0.717, 1.165) is 11.4 Å². The molecule has 0 radical (unpaired) electrons. The van der Waals surface area contributed by atoms with Crippen molar-refractivity contribution >= 4 is 27.5 Å². The van der Waals surface area contributed by atoms with Crippen LogP contribution < -0.4 is 14.4 Å². The molecule has 0 saturated carbocycles. The zero-order chi connectivity index (χ0) is 18.5. The Kier molecular flexibility index (Phi) is 5.98. The van der Waals surface area contributed by atoms with Crippen LogP contribution in [0.3, 0.4) is 0 Å². The first kappa shape index (κ1) is 18.5. The lowest BCUT2D eigenvalue weighted by Crippen LogP contribution is -2.50. The summed E-state index contributed by atoms with van der Waals surface area (Å²) >= 11 is 3.19. The van der Waals surface area contributed by atoms with Crippen molar-refractivity contribution in [2.45, 2.75) is 0 Å². The lowest BCUT2D eigenvalue weighted by Gasteiger charge is -2.36. The minimum Gasteiger partial charge on any atom is -0.495 e. The maximum absolute atomic E-state index is 13.8. The molecule has 1 saturated heterocycles. The van der Waals surface area contributed by atoms with Gasteiger partial charge in [-0.1, -0.05) is 28.1 Å². The summed E-state index contributed by atoms with van der Waals surface area (Å²) in [6, 6.07) is 12.3. The number of para-hydroxylation sites is 2. The number of ether oxygens (including phenoxy) is 2. The number of nitrogens with zero attached hydrogens (tertiary/aromatic N) is 2. The minimum atomic E-state index is -0.492. The first-order valence-corrected chi connectivity index (χ1v) is 9.11. The molecule has 0 unspecified atom stereocenters. The fraction of sp³-hybridized carbons (Fsp3) is 0.316. The topological polar surface area (TPSA) is 42.0 Å². The summed E-state index contributed by atoms with van der Waals surface area (Å²) in [4.78, 5) is 16.3. The fourth-order valence-electron chi connectivity index (χ4n) is 2.91. The highest BCUT2D eigenvalue weighted by Crippen LogP contribution is 2.28. The van der Waals surface area contributed by atoms with E-state index < -0.39 is 5.82 Å². The third-order valence-electron chi connectivity index (χ3n) is 4.30. The predicted octanol–water partition coefficient (Wildman–Crippen LogP) is 3.32. The second kappa shape index (κ2) is 8.40. The van der Waals surface area contributed by atoms with Crippen LogP contribution in [0.2, 0.25) is 0 Å².